The maximum Gasteiger partial charge on any atom is 0.339 e. The Bertz CT molecular complexity index is 1070. The highest BCUT2D eigenvalue weighted by molar-refractivity contribution is 6.04. The number of hydrogen-bond acceptors (Lipinski definition) is 5. The number of methoxy groups -OCH3 is 1. The van der Waals surface area contributed by atoms with Crippen LogP contribution in [-0.4, -0.2) is 30.6 Å². The highest BCUT2D eigenvalue weighted by Gasteiger charge is 2.15. The molecule has 1 aromatic heterocycles. The van der Waals surface area contributed by atoms with E-state index in [4.69, 9.17) is 9.47 Å². The molecule has 0 radical (unpaired) electrons. The van der Waals surface area contributed by atoms with E-state index in [0.717, 1.165) is 11.6 Å². The Labute approximate surface area is 154 Å². The first-order valence-electron chi connectivity index (χ1n) is 8.21. The van der Waals surface area contributed by atoms with Crippen molar-refractivity contribution in [2.75, 3.05) is 19.0 Å². The average molecular weight is 366 g/mol. The second kappa shape index (κ2) is 7.74. The van der Waals surface area contributed by atoms with E-state index in [-0.39, 0.29) is 5.56 Å². The summed E-state index contributed by atoms with van der Waals surface area (Å²) < 4.78 is 10.3. The molecule has 138 valence electrons. The molecule has 0 saturated carbocycles. The first-order chi connectivity index (χ1) is 13.0. The Morgan fingerprint density at radius 1 is 1.11 bits per heavy atom. The van der Waals surface area contributed by atoms with Crippen molar-refractivity contribution in [3.63, 3.8) is 0 Å². The van der Waals surface area contributed by atoms with Crippen molar-refractivity contribution in [1.29, 1.82) is 0 Å². The Hall–Kier alpha value is -3.61. The lowest BCUT2D eigenvalue weighted by molar-refractivity contribution is -0.119. The zero-order valence-electron chi connectivity index (χ0n) is 14.9. The van der Waals surface area contributed by atoms with Crippen molar-refractivity contribution in [3.8, 4) is 5.75 Å². The third-order valence-electron chi connectivity index (χ3n) is 3.93. The van der Waals surface area contributed by atoms with Crippen LogP contribution in [0.3, 0.4) is 0 Å². The number of aryl methyl sites for hydroxylation is 1. The van der Waals surface area contributed by atoms with Gasteiger partial charge in [0.1, 0.15) is 5.75 Å². The van der Waals surface area contributed by atoms with Gasteiger partial charge in [0.25, 0.3) is 5.91 Å². The molecule has 0 fully saturated rings. The summed E-state index contributed by atoms with van der Waals surface area (Å²) >= 11 is 0. The minimum absolute atomic E-state index is 0.107. The van der Waals surface area contributed by atoms with E-state index in [2.05, 4.69) is 10.3 Å². The summed E-state index contributed by atoms with van der Waals surface area (Å²) in [6.45, 7) is 1.39. The monoisotopic (exact) mass is 366 g/mol. The predicted octanol–water partition coefficient (Wildman–Crippen LogP) is 2.64. The molecule has 0 unspecified atom stereocenters. The van der Waals surface area contributed by atoms with Gasteiger partial charge in [0.2, 0.25) is 5.56 Å². The molecule has 0 aliphatic rings. The van der Waals surface area contributed by atoms with Crippen LogP contribution >= 0.6 is 0 Å². The number of aromatic nitrogens is 1. The van der Waals surface area contributed by atoms with Gasteiger partial charge in [-0.1, -0.05) is 24.3 Å². The summed E-state index contributed by atoms with van der Waals surface area (Å²) in [4.78, 5) is 38.9. The summed E-state index contributed by atoms with van der Waals surface area (Å²) in [5, 5.41) is 3.19. The number of nitrogens with one attached hydrogen (secondary N) is 2. The van der Waals surface area contributed by atoms with Crippen LogP contribution in [-0.2, 0) is 9.53 Å². The van der Waals surface area contributed by atoms with Gasteiger partial charge >= 0.3 is 5.97 Å². The molecule has 0 bridgehead atoms. The Balaban J connectivity index is 1.72. The van der Waals surface area contributed by atoms with Crippen molar-refractivity contribution >= 4 is 28.5 Å². The van der Waals surface area contributed by atoms with Crippen molar-refractivity contribution in [2.45, 2.75) is 6.92 Å². The van der Waals surface area contributed by atoms with Crippen molar-refractivity contribution in [1.82, 2.24) is 4.98 Å². The number of para-hydroxylation sites is 1. The molecular formula is C20H18N2O5. The van der Waals surface area contributed by atoms with Gasteiger partial charge in [0, 0.05) is 17.0 Å². The highest BCUT2D eigenvalue weighted by atomic mass is 16.5. The highest BCUT2D eigenvalue weighted by Crippen LogP contribution is 2.25. The number of fused-ring (bicyclic) bond motifs is 1. The second-order valence-corrected chi connectivity index (χ2v) is 5.92. The smallest absolute Gasteiger partial charge is 0.339 e. The number of hydrogen-bond donors (Lipinski definition) is 2. The molecule has 27 heavy (non-hydrogen) atoms. The molecule has 3 aromatic rings. The van der Waals surface area contributed by atoms with Crippen molar-refractivity contribution in [2.24, 2.45) is 0 Å². The number of amides is 1. The minimum atomic E-state index is -0.747. The van der Waals surface area contributed by atoms with Crippen LogP contribution < -0.4 is 15.6 Å². The molecule has 0 spiro atoms. The van der Waals surface area contributed by atoms with E-state index < -0.39 is 24.0 Å². The number of anilines is 1. The number of H-pyrrole nitrogens is 1. The SMILES string of the molecule is COc1ccc(C)cc1NC(=O)COC(=O)c1cc(=O)[nH]c2ccccc12. The van der Waals surface area contributed by atoms with Gasteiger partial charge in [0.05, 0.1) is 18.4 Å². The van der Waals surface area contributed by atoms with E-state index >= 15 is 0 Å². The number of ether oxygens (including phenoxy) is 2. The van der Waals surface area contributed by atoms with E-state index in [9.17, 15) is 14.4 Å². The topological polar surface area (TPSA) is 97.5 Å². The molecule has 1 heterocycles. The Morgan fingerprint density at radius 3 is 2.67 bits per heavy atom. The van der Waals surface area contributed by atoms with Crippen LogP contribution in [0, 0.1) is 6.92 Å². The zero-order valence-corrected chi connectivity index (χ0v) is 14.9. The quantitative estimate of drug-likeness (QED) is 0.677. The summed E-state index contributed by atoms with van der Waals surface area (Å²) in [7, 11) is 1.50. The number of rotatable bonds is 5. The summed E-state index contributed by atoms with van der Waals surface area (Å²) in [6.07, 6.45) is 0. The fourth-order valence-corrected chi connectivity index (χ4v) is 2.69. The molecule has 7 nitrogen and oxygen atoms in total. The maximum absolute atomic E-state index is 12.4. The first kappa shape index (κ1) is 18.2. The van der Waals surface area contributed by atoms with E-state index in [1.807, 2.05) is 13.0 Å². The van der Waals surface area contributed by atoms with Gasteiger partial charge in [-0.05, 0) is 30.7 Å². The lowest BCUT2D eigenvalue weighted by Gasteiger charge is -2.11. The molecule has 0 atom stereocenters. The predicted molar refractivity (Wildman–Crippen MR) is 101 cm³/mol. The van der Waals surface area contributed by atoms with Gasteiger partial charge in [-0.25, -0.2) is 4.79 Å². The van der Waals surface area contributed by atoms with Crippen molar-refractivity contribution < 1.29 is 19.1 Å². The number of carbonyl (C=O) groups excluding carboxylic acids is 2. The first-order valence-corrected chi connectivity index (χ1v) is 8.21. The number of benzene rings is 2. The molecular weight excluding hydrogens is 348 g/mol. The van der Waals surface area contributed by atoms with Crippen LogP contribution in [0.15, 0.2) is 53.3 Å². The molecule has 0 aliphatic heterocycles. The standard InChI is InChI=1S/C20H18N2O5/c1-12-7-8-17(26-2)16(9-12)22-19(24)11-27-20(25)14-10-18(23)21-15-6-4-3-5-13(14)15/h3-10H,11H2,1-2H3,(H,21,23)(H,22,24). The Kier molecular flexibility index (Phi) is 5.21. The second-order valence-electron chi connectivity index (χ2n) is 5.92. The van der Waals surface area contributed by atoms with Crippen LogP contribution in [0.2, 0.25) is 0 Å². The summed E-state index contributed by atoms with van der Waals surface area (Å²) in [5.41, 5.74) is 1.63. The minimum Gasteiger partial charge on any atom is -0.495 e. The van der Waals surface area contributed by atoms with Gasteiger partial charge in [-0.2, -0.15) is 0 Å². The zero-order chi connectivity index (χ0) is 19.4. The van der Waals surface area contributed by atoms with Crippen LogP contribution in [0.25, 0.3) is 10.9 Å². The van der Waals surface area contributed by atoms with E-state index in [1.165, 1.54) is 7.11 Å². The maximum atomic E-state index is 12.4. The number of pyridine rings is 1. The van der Waals surface area contributed by atoms with Crippen molar-refractivity contribution in [3.05, 3.63) is 70.0 Å². The van der Waals surface area contributed by atoms with Crippen LogP contribution in [0.4, 0.5) is 5.69 Å². The molecule has 0 aliphatic carbocycles. The fourth-order valence-electron chi connectivity index (χ4n) is 2.69. The molecule has 1 amide bonds. The van der Waals surface area contributed by atoms with Crippen LogP contribution in [0.1, 0.15) is 15.9 Å². The average Bonchev–Trinajstić information content (AvgIpc) is 2.65. The largest absolute Gasteiger partial charge is 0.495 e. The number of esters is 1. The van der Waals surface area contributed by atoms with E-state index in [1.54, 1.807) is 36.4 Å². The van der Waals surface area contributed by atoms with Gasteiger partial charge in [-0.3, -0.25) is 9.59 Å². The normalized spacial score (nSPS) is 10.4. The lowest BCUT2D eigenvalue weighted by atomic mass is 10.1. The van der Waals surface area contributed by atoms with Crippen LogP contribution in [0.5, 0.6) is 5.75 Å². The van der Waals surface area contributed by atoms with Gasteiger partial charge in [-0.15, -0.1) is 0 Å². The lowest BCUT2D eigenvalue weighted by Crippen LogP contribution is -2.22. The molecule has 0 saturated heterocycles. The molecule has 3 rings (SSSR count). The third-order valence-corrected chi connectivity index (χ3v) is 3.93. The molecule has 2 N–H and O–H groups in total. The summed E-state index contributed by atoms with van der Waals surface area (Å²) in [5.74, 6) is -0.758. The third kappa shape index (κ3) is 4.14. The fraction of sp³-hybridized carbons (Fsp3) is 0.150. The number of carbonyl (C=O) groups is 2. The molecule has 7 heteroatoms. The van der Waals surface area contributed by atoms with Gasteiger partial charge < -0.3 is 19.8 Å². The van der Waals surface area contributed by atoms with E-state index in [0.29, 0.717) is 22.3 Å². The summed E-state index contributed by atoms with van der Waals surface area (Å²) in [6, 6.07) is 13.4. The number of aromatic amines is 1. The Morgan fingerprint density at radius 2 is 1.89 bits per heavy atom. The van der Waals surface area contributed by atoms with Gasteiger partial charge in [0.15, 0.2) is 6.61 Å². The molecule has 2 aromatic carbocycles.